The van der Waals surface area contributed by atoms with Crippen LogP contribution in [0.5, 0.6) is 0 Å². The number of likely N-dealkylation sites (tertiary alicyclic amines) is 1. The van der Waals surface area contributed by atoms with Gasteiger partial charge in [-0.3, -0.25) is 9.59 Å². The summed E-state index contributed by atoms with van der Waals surface area (Å²) in [7, 11) is 0. The molecule has 142 valence electrons. The summed E-state index contributed by atoms with van der Waals surface area (Å²) in [5.74, 6) is 1.85. The quantitative estimate of drug-likeness (QED) is 0.858. The van der Waals surface area contributed by atoms with Crippen molar-refractivity contribution in [3.8, 4) is 0 Å². The molecule has 1 N–H and O–H groups in total. The first kappa shape index (κ1) is 16.9. The Morgan fingerprint density at radius 2 is 2.00 bits per heavy atom. The first-order valence-corrected chi connectivity index (χ1v) is 10.4. The zero-order valence-corrected chi connectivity index (χ0v) is 16.0. The third kappa shape index (κ3) is 2.93. The van der Waals surface area contributed by atoms with Gasteiger partial charge in [-0.05, 0) is 38.0 Å². The minimum atomic E-state index is -0.124. The van der Waals surface area contributed by atoms with E-state index < -0.39 is 0 Å². The van der Waals surface area contributed by atoms with Crippen molar-refractivity contribution in [1.82, 2.24) is 30.0 Å². The van der Waals surface area contributed by atoms with Crippen molar-refractivity contribution in [3.05, 3.63) is 27.7 Å². The van der Waals surface area contributed by atoms with Gasteiger partial charge < -0.3 is 14.8 Å². The summed E-state index contributed by atoms with van der Waals surface area (Å²) in [5, 5.41) is 14.2. The van der Waals surface area contributed by atoms with Crippen LogP contribution < -0.4 is 5.32 Å². The molecule has 2 fully saturated rings. The Hall–Kier alpha value is -2.29. The second kappa shape index (κ2) is 6.40. The number of aromatic nitrogens is 4. The number of hydrogen-bond donors (Lipinski definition) is 1. The molecule has 27 heavy (non-hydrogen) atoms. The number of amides is 2. The van der Waals surface area contributed by atoms with Gasteiger partial charge in [0.05, 0.1) is 5.01 Å². The van der Waals surface area contributed by atoms with E-state index in [0.717, 1.165) is 36.6 Å². The lowest BCUT2D eigenvalue weighted by molar-refractivity contribution is 0.0777. The van der Waals surface area contributed by atoms with Crippen molar-refractivity contribution in [3.63, 3.8) is 0 Å². The van der Waals surface area contributed by atoms with Crippen molar-refractivity contribution < 1.29 is 9.59 Å². The Morgan fingerprint density at radius 3 is 2.70 bits per heavy atom. The number of nitrogens with zero attached hydrogens (tertiary/aromatic N) is 5. The molecule has 0 spiro atoms. The SMILES string of the molecule is Cc1nc(C(=O)N2C[C@@H]3Cc4nnc(C(=O)NC5CCC5)n4C[C@@H]3C2)cs1. The molecule has 0 bridgehead atoms. The summed E-state index contributed by atoms with van der Waals surface area (Å²) in [6.07, 6.45) is 4.03. The minimum Gasteiger partial charge on any atom is -0.347 e. The molecule has 4 heterocycles. The highest BCUT2D eigenvalue weighted by molar-refractivity contribution is 7.09. The van der Waals surface area contributed by atoms with E-state index in [4.69, 9.17) is 0 Å². The van der Waals surface area contributed by atoms with Crippen LogP contribution in [-0.2, 0) is 13.0 Å². The number of carbonyl (C=O) groups excluding carboxylic acids is 2. The summed E-state index contributed by atoms with van der Waals surface area (Å²) in [4.78, 5) is 31.5. The highest BCUT2D eigenvalue weighted by Crippen LogP contribution is 2.33. The molecule has 2 aromatic heterocycles. The molecule has 0 aromatic carbocycles. The molecule has 3 aliphatic rings. The van der Waals surface area contributed by atoms with Crippen LogP contribution in [0.4, 0.5) is 0 Å². The van der Waals surface area contributed by atoms with E-state index in [-0.39, 0.29) is 17.9 Å². The maximum Gasteiger partial charge on any atom is 0.289 e. The van der Waals surface area contributed by atoms with Gasteiger partial charge in [-0.2, -0.15) is 0 Å². The standard InChI is InChI=1S/C18H22N6O2S/c1-10-19-14(9-27-10)18(26)23-6-11-5-15-21-22-16(24(15)8-12(11)7-23)17(25)20-13-3-2-4-13/h9,11-13H,2-8H2,1H3,(H,20,25)/t11-,12-/m0/s1. The molecule has 9 heteroatoms. The van der Waals surface area contributed by atoms with Gasteiger partial charge >= 0.3 is 0 Å². The van der Waals surface area contributed by atoms with Gasteiger partial charge in [0.2, 0.25) is 5.82 Å². The Bertz CT molecular complexity index is 902. The highest BCUT2D eigenvalue weighted by atomic mass is 32.1. The molecule has 2 aromatic rings. The molecule has 0 unspecified atom stereocenters. The van der Waals surface area contributed by atoms with Crippen molar-refractivity contribution in [1.29, 1.82) is 0 Å². The fourth-order valence-corrected chi connectivity index (χ4v) is 4.87. The average molecular weight is 386 g/mol. The molecule has 1 saturated heterocycles. The van der Waals surface area contributed by atoms with Crippen LogP contribution in [-0.4, -0.2) is 55.6 Å². The van der Waals surface area contributed by atoms with Gasteiger partial charge in [-0.15, -0.1) is 21.5 Å². The third-order valence-corrected chi connectivity index (χ3v) is 6.81. The zero-order chi connectivity index (χ0) is 18.5. The average Bonchev–Trinajstić information content (AvgIpc) is 3.32. The number of fused-ring (bicyclic) bond motifs is 2. The first-order valence-electron chi connectivity index (χ1n) is 9.53. The normalized spacial score (nSPS) is 24.3. The second-order valence-electron chi connectivity index (χ2n) is 7.84. The summed E-state index contributed by atoms with van der Waals surface area (Å²) in [6, 6.07) is 0.281. The van der Waals surface area contributed by atoms with Crippen molar-refractivity contribution in [2.45, 2.75) is 45.2 Å². The van der Waals surface area contributed by atoms with Crippen LogP contribution in [0.25, 0.3) is 0 Å². The first-order chi connectivity index (χ1) is 13.1. The molecular weight excluding hydrogens is 364 g/mol. The smallest absolute Gasteiger partial charge is 0.289 e. The topological polar surface area (TPSA) is 93.0 Å². The van der Waals surface area contributed by atoms with E-state index >= 15 is 0 Å². The Balaban J connectivity index is 1.30. The van der Waals surface area contributed by atoms with E-state index in [2.05, 4.69) is 20.5 Å². The molecule has 2 aliphatic heterocycles. The van der Waals surface area contributed by atoms with Gasteiger partial charge in [0.15, 0.2) is 0 Å². The summed E-state index contributed by atoms with van der Waals surface area (Å²) >= 11 is 1.50. The fourth-order valence-electron chi connectivity index (χ4n) is 4.28. The van der Waals surface area contributed by atoms with E-state index in [0.29, 0.717) is 36.4 Å². The lowest BCUT2D eigenvalue weighted by Crippen LogP contribution is -2.41. The predicted molar refractivity (Wildman–Crippen MR) is 98.6 cm³/mol. The third-order valence-electron chi connectivity index (χ3n) is 6.03. The maximum atomic E-state index is 12.7. The summed E-state index contributed by atoms with van der Waals surface area (Å²) in [6.45, 7) is 4.02. The van der Waals surface area contributed by atoms with E-state index in [1.54, 1.807) is 0 Å². The zero-order valence-electron chi connectivity index (χ0n) is 15.2. The summed E-state index contributed by atoms with van der Waals surface area (Å²) in [5.41, 5.74) is 0.538. The van der Waals surface area contributed by atoms with Crippen molar-refractivity contribution >= 4 is 23.2 Å². The van der Waals surface area contributed by atoms with E-state index in [9.17, 15) is 9.59 Å². The van der Waals surface area contributed by atoms with Gasteiger partial charge in [0.25, 0.3) is 11.8 Å². The second-order valence-corrected chi connectivity index (χ2v) is 8.90. The molecule has 8 nitrogen and oxygen atoms in total. The summed E-state index contributed by atoms with van der Waals surface area (Å²) < 4.78 is 1.95. The molecule has 2 atom stereocenters. The largest absolute Gasteiger partial charge is 0.347 e. The molecule has 0 radical (unpaired) electrons. The van der Waals surface area contributed by atoms with Crippen molar-refractivity contribution in [2.24, 2.45) is 11.8 Å². The van der Waals surface area contributed by atoms with Gasteiger partial charge in [0, 0.05) is 37.5 Å². The maximum absolute atomic E-state index is 12.7. The van der Waals surface area contributed by atoms with Crippen LogP contribution in [0.1, 0.15) is 51.2 Å². The van der Waals surface area contributed by atoms with Crippen LogP contribution >= 0.6 is 11.3 Å². The molecular formula is C18H22N6O2S. The van der Waals surface area contributed by atoms with Crippen LogP contribution in [0.15, 0.2) is 5.38 Å². The van der Waals surface area contributed by atoms with Crippen LogP contribution in [0.2, 0.25) is 0 Å². The number of rotatable bonds is 3. The lowest BCUT2D eigenvalue weighted by Gasteiger charge is -2.28. The Kier molecular flexibility index (Phi) is 3.99. The fraction of sp³-hybridized carbons (Fsp3) is 0.611. The number of aryl methyl sites for hydroxylation is 1. The van der Waals surface area contributed by atoms with Gasteiger partial charge in [-0.25, -0.2) is 4.98 Å². The molecule has 1 aliphatic carbocycles. The number of thiazole rings is 1. The van der Waals surface area contributed by atoms with Gasteiger partial charge in [-0.1, -0.05) is 0 Å². The van der Waals surface area contributed by atoms with E-state index in [1.165, 1.54) is 17.8 Å². The van der Waals surface area contributed by atoms with E-state index in [1.807, 2.05) is 21.8 Å². The minimum absolute atomic E-state index is 0.00691. The number of carbonyl (C=O) groups is 2. The van der Waals surface area contributed by atoms with Crippen LogP contribution in [0.3, 0.4) is 0 Å². The Morgan fingerprint density at radius 1 is 1.19 bits per heavy atom. The van der Waals surface area contributed by atoms with Crippen molar-refractivity contribution in [2.75, 3.05) is 13.1 Å². The molecule has 5 rings (SSSR count). The monoisotopic (exact) mass is 386 g/mol. The number of hydrogen-bond acceptors (Lipinski definition) is 6. The Labute approximate surface area is 161 Å². The predicted octanol–water partition coefficient (Wildman–Crippen LogP) is 1.27. The van der Waals surface area contributed by atoms with Crippen LogP contribution in [0, 0.1) is 18.8 Å². The number of nitrogens with one attached hydrogen (secondary N) is 1. The highest BCUT2D eigenvalue weighted by Gasteiger charge is 2.41. The van der Waals surface area contributed by atoms with Gasteiger partial charge in [0.1, 0.15) is 11.5 Å². The molecule has 2 amide bonds. The molecule has 1 saturated carbocycles. The lowest BCUT2D eigenvalue weighted by atomic mass is 9.89.